The summed E-state index contributed by atoms with van der Waals surface area (Å²) in [5, 5.41) is 20.0. The number of benzene rings is 4. The molecule has 11 aromatic heterocycles. The van der Waals surface area contributed by atoms with Crippen LogP contribution in [-0.2, 0) is 50.2 Å². The molecule has 5 aliphatic rings. The largest absolute Gasteiger partial charge is 0.454 e. The topological polar surface area (TPSA) is 341 Å². The van der Waals surface area contributed by atoms with Crippen molar-refractivity contribution < 1.29 is 47.8 Å². The molecule has 0 spiro atoms. The molecule has 0 radical (unpaired) electrons. The standard InChI is InChI=1S/C21H22ClN5O4S.C19H15BrN4O2S2.C19H15ClN4O2S2.C19H15IN4O2S2/c22-13-8-15-16(31-11-30-15)9-17(13)32-21-25-19-14(3-5-24-20(19)23)27(21)7-4-12-2-1-6-26(12)18(29)10-28;3*20-12-8-14-15(26-10-25-14)9-16(12)28-19-23-17-13(3-5-22-18(17)21)24(19)6-4-11-2-1-7-27-11/h3,5,8-9,12,28H,1-2,4,6-7,10-11H2,(H2,23,24);3*1-3,5,7-9H,4,6,10H2,(H2,21,22). The first kappa shape index (κ1) is 79.2. The molecule has 27 nitrogen and oxygen atoms in total. The monoisotopic (exact) mass is 1900 g/mol. The number of amides is 1. The molecular weight excluding hydrogens is 1840 g/mol. The fourth-order valence-electron chi connectivity index (χ4n) is 13.5. The van der Waals surface area contributed by atoms with E-state index < -0.39 is 6.61 Å². The van der Waals surface area contributed by atoms with E-state index in [1.165, 1.54) is 38.2 Å². The summed E-state index contributed by atoms with van der Waals surface area (Å²) in [7, 11) is 0. The van der Waals surface area contributed by atoms with E-state index >= 15 is 0 Å². The van der Waals surface area contributed by atoms with E-state index in [4.69, 9.17) is 104 Å². The van der Waals surface area contributed by atoms with Crippen LogP contribution in [0.15, 0.2) is 195 Å². The van der Waals surface area contributed by atoms with Crippen molar-refractivity contribution >= 4 is 216 Å². The molecule has 0 bridgehead atoms. The predicted molar refractivity (Wildman–Crippen MR) is 465 cm³/mol. The van der Waals surface area contributed by atoms with Gasteiger partial charge in [-0.05, 0) is 196 Å². The summed E-state index contributed by atoms with van der Waals surface area (Å²) in [5.74, 6) is 7.11. The molecule has 15 aromatic rings. The van der Waals surface area contributed by atoms with Crippen LogP contribution in [0.4, 0.5) is 23.3 Å². The summed E-state index contributed by atoms with van der Waals surface area (Å²) in [5.41, 5.74) is 31.0. The second-order valence-corrected chi connectivity index (χ2v) is 36.2. The lowest BCUT2D eigenvalue weighted by molar-refractivity contribution is -0.135. The maximum atomic E-state index is 12.1. The van der Waals surface area contributed by atoms with Crippen molar-refractivity contribution in [1.82, 2.24) is 63.0 Å². The number of aliphatic hydroxyl groups excluding tert-OH is 1. The normalized spacial score (nSPS) is 14.0. The molecule has 9 N–H and O–H groups in total. The van der Waals surface area contributed by atoms with E-state index in [0.29, 0.717) is 80.4 Å². The van der Waals surface area contributed by atoms with Crippen molar-refractivity contribution in [3.8, 4) is 46.0 Å². The first-order chi connectivity index (χ1) is 56.6. The number of hydrogen-bond acceptors (Lipinski definition) is 29. The fraction of sp³-hybridized carbons (Fsp3) is 0.218. The van der Waals surface area contributed by atoms with Gasteiger partial charge in [0.25, 0.3) is 0 Å². The summed E-state index contributed by atoms with van der Waals surface area (Å²) >= 11 is 30.3. The maximum Gasteiger partial charge on any atom is 0.248 e. The smallest absolute Gasteiger partial charge is 0.248 e. The van der Waals surface area contributed by atoms with Gasteiger partial charge in [-0.1, -0.05) is 64.9 Å². The molecule has 1 saturated heterocycles. The molecule has 1 unspecified atom stereocenters. The number of hydrogen-bond donors (Lipinski definition) is 5. The number of carbonyl (C=O) groups excluding carboxylic acids is 1. The molecular formula is C78H67BrCl2IN17O10S7. The van der Waals surface area contributed by atoms with Gasteiger partial charge in [-0.2, -0.15) is 0 Å². The van der Waals surface area contributed by atoms with Crippen LogP contribution in [0.25, 0.3) is 44.1 Å². The minimum absolute atomic E-state index is 0.0817. The average molecular weight is 1900 g/mol. The Morgan fingerprint density at radius 1 is 0.474 bits per heavy atom. The number of anilines is 4. The molecule has 1 amide bonds. The number of aliphatic hydroxyl groups is 1. The zero-order valence-electron chi connectivity index (χ0n) is 60.9. The number of pyridine rings is 4. The van der Waals surface area contributed by atoms with E-state index in [0.717, 1.165) is 163 Å². The van der Waals surface area contributed by atoms with Crippen molar-refractivity contribution in [2.24, 2.45) is 0 Å². The SMILES string of the molecule is Nc1nccc2c1nc(Sc1cc3c(cc1Br)OCO3)n2CCc1cccs1.Nc1nccc2c1nc(Sc1cc3c(cc1Cl)OCO3)n2CCC1CCCN1C(=O)CO.Nc1nccc2c1nc(Sc1cc3c(cc1Cl)OCO3)n2CCc1cccs1.Nc1nccc2c1nc(Sc1cc3c(cc1I)OCO3)n2CCc1cccs1. The first-order valence-corrected chi connectivity index (χ1v) is 44.6. The molecule has 5 aliphatic heterocycles. The quantitative estimate of drug-likeness (QED) is 0.0417. The third-order valence-corrected chi connectivity index (χ3v) is 29.2. The second-order valence-electron chi connectivity index (χ2n) is 26.2. The van der Waals surface area contributed by atoms with Gasteiger partial charge in [-0.3, -0.25) is 4.79 Å². The number of nitrogen functional groups attached to an aromatic ring is 4. The highest BCUT2D eigenvalue weighted by molar-refractivity contribution is 14.1. The van der Waals surface area contributed by atoms with E-state index in [2.05, 4.69) is 129 Å². The molecule has 594 valence electrons. The summed E-state index contributed by atoms with van der Waals surface area (Å²) in [4.78, 5) is 57.4. The molecule has 1 atom stereocenters. The lowest BCUT2D eigenvalue weighted by Crippen LogP contribution is -2.37. The number of aryl methyl sites for hydroxylation is 7. The third kappa shape index (κ3) is 17.2. The number of rotatable bonds is 21. The van der Waals surface area contributed by atoms with E-state index in [9.17, 15) is 9.90 Å². The van der Waals surface area contributed by atoms with Gasteiger partial charge in [0.15, 0.2) is 89.9 Å². The Hall–Kier alpha value is -9.32. The zero-order valence-corrected chi connectivity index (χ0v) is 71.9. The van der Waals surface area contributed by atoms with Crippen LogP contribution in [0.2, 0.25) is 10.0 Å². The Balaban J connectivity index is 0.000000111. The minimum atomic E-state index is -0.462. The molecule has 1 fully saturated rings. The number of nitrogens with two attached hydrogens (primary N) is 4. The van der Waals surface area contributed by atoms with Crippen molar-refractivity contribution in [1.29, 1.82) is 0 Å². The molecule has 0 aliphatic carbocycles. The Labute approximate surface area is 723 Å². The van der Waals surface area contributed by atoms with Crippen LogP contribution in [0.5, 0.6) is 46.0 Å². The van der Waals surface area contributed by atoms with Crippen LogP contribution < -0.4 is 60.8 Å². The van der Waals surface area contributed by atoms with Crippen molar-refractivity contribution in [2.45, 2.75) is 111 Å². The van der Waals surface area contributed by atoms with Gasteiger partial charge in [0.2, 0.25) is 33.1 Å². The Morgan fingerprint density at radius 2 is 0.810 bits per heavy atom. The Bertz CT molecular complexity index is 5710. The lowest BCUT2D eigenvalue weighted by Gasteiger charge is -2.24. The number of thiophene rings is 3. The fourth-order valence-corrected chi connectivity index (χ4v) is 21.3. The van der Waals surface area contributed by atoms with Crippen molar-refractivity contribution in [2.75, 3.05) is 63.3 Å². The minimum Gasteiger partial charge on any atom is -0.454 e. The number of imidazole rings is 4. The average Bonchev–Trinajstić information content (AvgIpc) is 1.64. The first-order valence-electron chi connectivity index (χ1n) is 36.1. The Kier molecular flexibility index (Phi) is 24.2. The number of nitrogens with zero attached hydrogens (tertiary/aromatic N) is 13. The van der Waals surface area contributed by atoms with Crippen molar-refractivity contribution in [3.63, 3.8) is 0 Å². The molecule has 4 aromatic carbocycles. The summed E-state index contributed by atoms with van der Waals surface area (Å²) < 4.78 is 54.4. The number of likely N-dealkylation sites (tertiary alicyclic amines) is 1. The van der Waals surface area contributed by atoms with Gasteiger partial charge in [0.1, 0.15) is 28.7 Å². The summed E-state index contributed by atoms with van der Waals surface area (Å²) in [6.45, 7) is 4.16. The molecule has 0 saturated carbocycles. The zero-order chi connectivity index (χ0) is 79.5. The highest BCUT2D eigenvalue weighted by atomic mass is 127. The van der Waals surface area contributed by atoms with Crippen LogP contribution in [0.3, 0.4) is 0 Å². The second kappa shape index (κ2) is 35.5. The number of halogens is 4. The lowest BCUT2D eigenvalue weighted by atomic mass is 10.1. The number of fused-ring (bicyclic) bond motifs is 8. The van der Waals surface area contributed by atoms with Gasteiger partial charge in [-0.25, -0.2) is 39.9 Å². The third-order valence-electron chi connectivity index (χ3n) is 19.2. The number of aromatic nitrogens is 12. The summed E-state index contributed by atoms with van der Waals surface area (Å²) in [6.07, 6.45) is 12.2. The van der Waals surface area contributed by atoms with E-state index in [1.807, 2.05) is 60.7 Å². The number of ether oxygens (including phenoxy) is 8. The van der Waals surface area contributed by atoms with Gasteiger partial charge < -0.3 is 89.1 Å². The van der Waals surface area contributed by atoms with Crippen LogP contribution in [-0.4, -0.2) is 120 Å². The molecule has 116 heavy (non-hydrogen) atoms. The van der Waals surface area contributed by atoms with Gasteiger partial charge in [-0.15, -0.1) is 34.0 Å². The molecule has 20 rings (SSSR count). The molecule has 16 heterocycles. The molecule has 38 heteroatoms. The Morgan fingerprint density at radius 3 is 1.19 bits per heavy atom. The van der Waals surface area contributed by atoms with Crippen LogP contribution in [0.1, 0.15) is 33.9 Å². The number of carbonyl (C=O) groups is 1. The van der Waals surface area contributed by atoms with Gasteiger partial charge in [0, 0.05) is 118 Å². The maximum absolute atomic E-state index is 12.1. The van der Waals surface area contributed by atoms with Gasteiger partial charge >= 0.3 is 0 Å². The van der Waals surface area contributed by atoms with Crippen molar-refractivity contribution in [3.05, 3.63) is 183 Å². The van der Waals surface area contributed by atoms with Gasteiger partial charge in [0.05, 0.1) is 32.1 Å². The summed E-state index contributed by atoms with van der Waals surface area (Å²) in [6, 6.07) is 35.7. The van der Waals surface area contributed by atoms with Crippen LogP contribution >= 0.6 is 143 Å². The predicted octanol–water partition coefficient (Wildman–Crippen LogP) is 17.5. The van der Waals surface area contributed by atoms with E-state index in [1.54, 1.807) is 99.4 Å². The highest BCUT2D eigenvalue weighted by Crippen LogP contribution is 2.48. The van der Waals surface area contributed by atoms with Crippen LogP contribution in [0, 0.1) is 3.57 Å². The van der Waals surface area contributed by atoms with E-state index in [-0.39, 0.29) is 39.1 Å². The highest BCUT2D eigenvalue weighted by Gasteiger charge is 2.31.